The van der Waals surface area contributed by atoms with Gasteiger partial charge >= 0.3 is 0 Å². The van der Waals surface area contributed by atoms with Gasteiger partial charge in [-0.1, -0.05) is 0 Å². The summed E-state index contributed by atoms with van der Waals surface area (Å²) in [5.41, 5.74) is 0.586. The lowest BCUT2D eigenvalue weighted by molar-refractivity contribution is 0.0882. The standard InChI is InChI=1S/C17H24N2O3/c1-19-13-4-5-14(19)9-12(8-13)18-17(20)11-6-15(21-2)10-16(7-11)22-3/h6-7,10,12-14H,4-5,8-9H2,1-3H3,(H,18,20)/t12?,13-,14+. The van der Waals surface area contributed by atoms with E-state index in [1.54, 1.807) is 32.4 Å². The average Bonchev–Trinajstić information content (AvgIpc) is 2.76. The molecule has 2 bridgehead atoms. The summed E-state index contributed by atoms with van der Waals surface area (Å²) >= 11 is 0. The zero-order valence-electron chi connectivity index (χ0n) is 13.5. The summed E-state index contributed by atoms with van der Waals surface area (Å²) in [5, 5.41) is 3.18. The van der Waals surface area contributed by atoms with Crippen molar-refractivity contribution < 1.29 is 14.3 Å². The van der Waals surface area contributed by atoms with Crippen LogP contribution in [0, 0.1) is 0 Å². The van der Waals surface area contributed by atoms with Gasteiger partial charge in [-0.25, -0.2) is 0 Å². The summed E-state index contributed by atoms with van der Waals surface area (Å²) in [6, 6.07) is 6.77. The highest BCUT2D eigenvalue weighted by atomic mass is 16.5. The molecular weight excluding hydrogens is 280 g/mol. The van der Waals surface area contributed by atoms with Crippen molar-refractivity contribution in [2.75, 3.05) is 21.3 Å². The SMILES string of the molecule is COc1cc(OC)cc(C(=O)NC2C[C@H]3CC[C@@H](C2)N3C)c1. The lowest BCUT2D eigenvalue weighted by Gasteiger charge is -2.36. The molecule has 22 heavy (non-hydrogen) atoms. The molecule has 2 fully saturated rings. The molecule has 2 aliphatic heterocycles. The van der Waals surface area contributed by atoms with E-state index in [2.05, 4.69) is 17.3 Å². The number of fused-ring (bicyclic) bond motifs is 2. The van der Waals surface area contributed by atoms with Gasteiger partial charge in [0.05, 0.1) is 14.2 Å². The van der Waals surface area contributed by atoms with Crippen molar-refractivity contribution in [2.24, 2.45) is 0 Å². The molecule has 0 aliphatic carbocycles. The van der Waals surface area contributed by atoms with Crippen LogP contribution in [0.2, 0.25) is 0 Å². The van der Waals surface area contributed by atoms with Gasteiger partial charge in [0.1, 0.15) is 11.5 Å². The second-order valence-corrected chi connectivity index (χ2v) is 6.29. The molecule has 120 valence electrons. The van der Waals surface area contributed by atoms with Gasteiger partial charge in [0.25, 0.3) is 5.91 Å². The number of rotatable bonds is 4. The Kier molecular flexibility index (Phi) is 4.25. The Labute approximate surface area is 131 Å². The van der Waals surface area contributed by atoms with Gasteiger partial charge < -0.3 is 19.7 Å². The normalized spacial score (nSPS) is 27.5. The first-order chi connectivity index (χ1) is 10.6. The Bertz CT molecular complexity index is 525. The second kappa shape index (κ2) is 6.16. The topological polar surface area (TPSA) is 50.8 Å². The summed E-state index contributed by atoms with van der Waals surface area (Å²) in [6.07, 6.45) is 4.58. The molecule has 0 aromatic heterocycles. The van der Waals surface area contributed by atoms with E-state index >= 15 is 0 Å². The molecule has 1 aromatic carbocycles. The minimum Gasteiger partial charge on any atom is -0.497 e. The number of methoxy groups -OCH3 is 2. The summed E-state index contributed by atoms with van der Waals surface area (Å²) in [5.74, 6) is 1.21. The van der Waals surface area contributed by atoms with E-state index in [0.29, 0.717) is 29.1 Å². The molecule has 3 rings (SSSR count). The highest BCUT2D eigenvalue weighted by molar-refractivity contribution is 5.95. The number of carbonyl (C=O) groups excluding carboxylic acids is 1. The zero-order chi connectivity index (χ0) is 15.7. The molecule has 5 heteroatoms. The van der Waals surface area contributed by atoms with Crippen LogP contribution in [0.4, 0.5) is 0 Å². The fourth-order valence-corrected chi connectivity index (χ4v) is 3.74. The molecule has 1 amide bonds. The minimum atomic E-state index is -0.0499. The third kappa shape index (κ3) is 2.90. The van der Waals surface area contributed by atoms with E-state index in [-0.39, 0.29) is 11.9 Å². The van der Waals surface area contributed by atoms with Crippen molar-refractivity contribution in [1.82, 2.24) is 10.2 Å². The Balaban J connectivity index is 1.70. The predicted molar refractivity (Wildman–Crippen MR) is 84.6 cm³/mol. The molecule has 0 spiro atoms. The zero-order valence-corrected chi connectivity index (χ0v) is 13.5. The van der Waals surface area contributed by atoms with Gasteiger partial charge in [-0.3, -0.25) is 4.79 Å². The van der Waals surface area contributed by atoms with Crippen molar-refractivity contribution in [2.45, 2.75) is 43.8 Å². The molecule has 5 nitrogen and oxygen atoms in total. The molecule has 1 unspecified atom stereocenters. The van der Waals surface area contributed by atoms with Crippen LogP contribution in [-0.2, 0) is 0 Å². The van der Waals surface area contributed by atoms with Crippen LogP contribution in [0.3, 0.4) is 0 Å². The van der Waals surface area contributed by atoms with Crippen molar-refractivity contribution in [1.29, 1.82) is 0 Å². The molecule has 3 atom stereocenters. The van der Waals surface area contributed by atoms with E-state index in [1.807, 2.05) is 0 Å². The fourth-order valence-electron chi connectivity index (χ4n) is 3.74. The van der Waals surface area contributed by atoms with E-state index in [9.17, 15) is 4.79 Å². The van der Waals surface area contributed by atoms with Crippen molar-refractivity contribution in [3.05, 3.63) is 23.8 Å². The van der Waals surface area contributed by atoms with Crippen molar-refractivity contribution >= 4 is 5.91 Å². The first-order valence-corrected chi connectivity index (χ1v) is 7.86. The van der Waals surface area contributed by atoms with E-state index in [0.717, 1.165) is 12.8 Å². The number of benzene rings is 1. The maximum Gasteiger partial charge on any atom is 0.251 e. The summed E-state index contributed by atoms with van der Waals surface area (Å²) in [7, 11) is 5.38. The number of carbonyl (C=O) groups is 1. The van der Waals surface area contributed by atoms with Gasteiger partial charge in [-0.2, -0.15) is 0 Å². The number of nitrogens with one attached hydrogen (secondary N) is 1. The quantitative estimate of drug-likeness (QED) is 0.925. The van der Waals surface area contributed by atoms with Crippen molar-refractivity contribution in [3.63, 3.8) is 0 Å². The van der Waals surface area contributed by atoms with Gasteiger partial charge in [-0.05, 0) is 44.9 Å². The molecule has 0 radical (unpaired) electrons. The molecule has 1 N–H and O–H groups in total. The number of piperidine rings is 1. The first-order valence-electron chi connectivity index (χ1n) is 7.86. The van der Waals surface area contributed by atoms with Crippen LogP contribution < -0.4 is 14.8 Å². The maximum absolute atomic E-state index is 12.5. The largest absolute Gasteiger partial charge is 0.497 e. The molecular formula is C17H24N2O3. The minimum absolute atomic E-state index is 0.0499. The third-order valence-electron chi connectivity index (χ3n) is 5.05. The second-order valence-electron chi connectivity index (χ2n) is 6.29. The van der Waals surface area contributed by atoms with Crippen LogP contribution in [-0.4, -0.2) is 50.2 Å². The van der Waals surface area contributed by atoms with Crippen LogP contribution in [0.15, 0.2) is 18.2 Å². The van der Waals surface area contributed by atoms with E-state index in [1.165, 1.54) is 12.8 Å². The van der Waals surface area contributed by atoms with Gasteiger partial charge in [0.15, 0.2) is 0 Å². The summed E-state index contributed by atoms with van der Waals surface area (Å²) in [4.78, 5) is 15.0. The summed E-state index contributed by atoms with van der Waals surface area (Å²) < 4.78 is 10.5. The number of hydrogen-bond donors (Lipinski definition) is 1. The van der Waals surface area contributed by atoms with Crippen LogP contribution in [0.1, 0.15) is 36.0 Å². The lowest BCUT2D eigenvalue weighted by Crippen LogP contribution is -2.48. The number of hydrogen-bond acceptors (Lipinski definition) is 4. The molecule has 2 aliphatic rings. The molecule has 2 saturated heterocycles. The Morgan fingerprint density at radius 1 is 1.09 bits per heavy atom. The molecule has 1 aromatic rings. The lowest BCUT2D eigenvalue weighted by atomic mass is 9.97. The monoisotopic (exact) mass is 304 g/mol. The Morgan fingerprint density at radius 3 is 2.14 bits per heavy atom. The number of nitrogens with zero attached hydrogens (tertiary/aromatic N) is 1. The van der Waals surface area contributed by atoms with Crippen molar-refractivity contribution in [3.8, 4) is 11.5 Å². The van der Waals surface area contributed by atoms with E-state index < -0.39 is 0 Å². The summed E-state index contributed by atoms with van der Waals surface area (Å²) in [6.45, 7) is 0. The van der Waals surface area contributed by atoms with Gasteiger partial charge in [0, 0.05) is 29.8 Å². The number of amides is 1. The third-order valence-corrected chi connectivity index (χ3v) is 5.05. The first kappa shape index (κ1) is 15.2. The highest BCUT2D eigenvalue weighted by Gasteiger charge is 2.38. The fraction of sp³-hybridized carbons (Fsp3) is 0.588. The highest BCUT2D eigenvalue weighted by Crippen LogP contribution is 2.34. The van der Waals surface area contributed by atoms with Crippen LogP contribution in [0.5, 0.6) is 11.5 Å². The molecule has 2 heterocycles. The Morgan fingerprint density at radius 2 is 1.64 bits per heavy atom. The number of ether oxygens (including phenoxy) is 2. The average molecular weight is 304 g/mol. The van der Waals surface area contributed by atoms with Crippen LogP contribution >= 0.6 is 0 Å². The Hall–Kier alpha value is -1.75. The van der Waals surface area contributed by atoms with Crippen LogP contribution in [0.25, 0.3) is 0 Å². The van der Waals surface area contributed by atoms with Gasteiger partial charge in [-0.15, -0.1) is 0 Å². The smallest absolute Gasteiger partial charge is 0.251 e. The van der Waals surface area contributed by atoms with Gasteiger partial charge in [0.2, 0.25) is 0 Å². The predicted octanol–water partition coefficient (Wildman–Crippen LogP) is 2.06. The molecule has 0 saturated carbocycles. The maximum atomic E-state index is 12.5. The van der Waals surface area contributed by atoms with E-state index in [4.69, 9.17) is 9.47 Å².